The van der Waals surface area contributed by atoms with E-state index in [4.69, 9.17) is 13.9 Å². The lowest BCUT2D eigenvalue weighted by molar-refractivity contribution is -0.141. The molecule has 1 saturated heterocycles. The summed E-state index contributed by atoms with van der Waals surface area (Å²) in [4.78, 5) is 54.1. The Labute approximate surface area is 278 Å². The standard InChI is InChI=1S/C36H43F2N3O7/c1-5-46-34(44)30-19-24-18-26(14-15-29(24)47-30)39-32(42)31-27(21-10-12-25(38)13-11-21)16-17-41(31)33(43)23-8-6-22(7-9-23)28(20-37)40-35(45)48-36(2,3)4/h10-15,18-19,22-23,27-28,31H,5-9,16-17,20H2,1-4H3,(H,39,42)(H,40,45)/t22?,23?,27-,28?,31-/m0/s1. The summed E-state index contributed by atoms with van der Waals surface area (Å²) in [7, 11) is 0. The number of alkyl carbamates (subject to hydrolysis) is 1. The Morgan fingerprint density at radius 1 is 1.00 bits per heavy atom. The first-order valence-electron chi connectivity index (χ1n) is 16.5. The number of likely N-dealkylation sites (tertiary alicyclic amines) is 1. The second-order valence-electron chi connectivity index (χ2n) is 13.5. The van der Waals surface area contributed by atoms with Crippen molar-refractivity contribution in [1.29, 1.82) is 0 Å². The van der Waals surface area contributed by atoms with Gasteiger partial charge in [0.05, 0.1) is 12.6 Å². The third-order valence-electron chi connectivity index (χ3n) is 9.07. The molecule has 1 aliphatic carbocycles. The summed E-state index contributed by atoms with van der Waals surface area (Å²) in [5, 5.41) is 6.19. The van der Waals surface area contributed by atoms with Gasteiger partial charge in [-0.3, -0.25) is 9.59 Å². The number of anilines is 1. The summed E-state index contributed by atoms with van der Waals surface area (Å²) >= 11 is 0. The van der Waals surface area contributed by atoms with Crippen molar-refractivity contribution in [3.63, 3.8) is 0 Å². The van der Waals surface area contributed by atoms with Gasteiger partial charge >= 0.3 is 12.1 Å². The molecule has 258 valence electrons. The molecule has 0 bridgehead atoms. The summed E-state index contributed by atoms with van der Waals surface area (Å²) in [6.45, 7) is 6.71. The average Bonchev–Trinajstić information content (AvgIpc) is 3.68. The van der Waals surface area contributed by atoms with Crippen LogP contribution >= 0.6 is 0 Å². The van der Waals surface area contributed by atoms with Gasteiger partial charge in [0.1, 0.15) is 29.7 Å². The van der Waals surface area contributed by atoms with E-state index in [1.807, 2.05) is 0 Å². The number of benzene rings is 2. The number of nitrogens with one attached hydrogen (secondary N) is 2. The molecule has 2 heterocycles. The number of carbonyl (C=O) groups excluding carboxylic acids is 4. The van der Waals surface area contributed by atoms with Crippen molar-refractivity contribution < 1.29 is 41.8 Å². The second-order valence-corrected chi connectivity index (χ2v) is 13.5. The van der Waals surface area contributed by atoms with Crippen LogP contribution < -0.4 is 10.6 Å². The predicted octanol–water partition coefficient (Wildman–Crippen LogP) is 6.74. The Morgan fingerprint density at radius 3 is 2.35 bits per heavy atom. The first-order chi connectivity index (χ1) is 22.9. The number of esters is 1. The lowest BCUT2D eigenvalue weighted by Crippen LogP contribution is -2.49. The topological polar surface area (TPSA) is 127 Å². The minimum atomic E-state index is -0.858. The first-order valence-corrected chi connectivity index (χ1v) is 16.5. The van der Waals surface area contributed by atoms with Gasteiger partial charge in [0.25, 0.3) is 0 Å². The van der Waals surface area contributed by atoms with Gasteiger partial charge in [-0.2, -0.15) is 0 Å². The molecule has 3 amide bonds. The summed E-state index contributed by atoms with van der Waals surface area (Å²) in [6, 6.07) is 10.9. The van der Waals surface area contributed by atoms with Crippen molar-refractivity contribution in [2.24, 2.45) is 11.8 Å². The molecule has 0 spiro atoms. The summed E-state index contributed by atoms with van der Waals surface area (Å²) in [5.41, 5.74) is 0.943. The number of ether oxygens (including phenoxy) is 2. The molecule has 2 aromatic carbocycles. The highest BCUT2D eigenvalue weighted by Crippen LogP contribution is 2.39. The normalized spacial score (nSPS) is 21.8. The number of hydrogen-bond acceptors (Lipinski definition) is 7. The molecule has 1 aliphatic heterocycles. The molecule has 48 heavy (non-hydrogen) atoms. The second kappa shape index (κ2) is 14.7. The zero-order chi connectivity index (χ0) is 34.6. The zero-order valence-electron chi connectivity index (χ0n) is 27.7. The molecule has 2 N–H and O–H groups in total. The predicted molar refractivity (Wildman–Crippen MR) is 175 cm³/mol. The van der Waals surface area contributed by atoms with Gasteiger partial charge < -0.3 is 29.4 Å². The first kappa shape index (κ1) is 34.8. The number of alkyl halides is 1. The number of furan rings is 1. The molecule has 2 fully saturated rings. The Bertz CT molecular complexity index is 1630. The fraction of sp³-hybridized carbons (Fsp3) is 0.500. The van der Waals surface area contributed by atoms with E-state index >= 15 is 0 Å². The molecule has 1 aromatic heterocycles. The monoisotopic (exact) mass is 667 g/mol. The number of nitrogens with zero attached hydrogens (tertiary/aromatic N) is 1. The molecular weight excluding hydrogens is 624 g/mol. The van der Waals surface area contributed by atoms with Gasteiger partial charge in [-0.25, -0.2) is 18.4 Å². The van der Waals surface area contributed by atoms with Crippen LogP contribution in [0, 0.1) is 17.7 Å². The number of rotatable bonds is 9. The highest BCUT2D eigenvalue weighted by Gasteiger charge is 2.45. The van der Waals surface area contributed by atoms with Crippen LogP contribution in [0.5, 0.6) is 0 Å². The molecular formula is C36H43F2N3O7. The quantitative estimate of drug-likeness (QED) is 0.242. The molecule has 1 unspecified atom stereocenters. The van der Waals surface area contributed by atoms with Gasteiger partial charge in [-0.1, -0.05) is 12.1 Å². The van der Waals surface area contributed by atoms with E-state index in [2.05, 4.69) is 10.6 Å². The van der Waals surface area contributed by atoms with Crippen LogP contribution in [-0.4, -0.2) is 66.3 Å². The Hall–Kier alpha value is -4.48. The van der Waals surface area contributed by atoms with Gasteiger partial charge in [0.2, 0.25) is 17.6 Å². The number of fused-ring (bicyclic) bond motifs is 1. The van der Waals surface area contributed by atoms with Crippen molar-refractivity contribution in [1.82, 2.24) is 10.2 Å². The number of amides is 3. The zero-order valence-corrected chi connectivity index (χ0v) is 27.7. The molecule has 3 aromatic rings. The smallest absolute Gasteiger partial charge is 0.407 e. The fourth-order valence-electron chi connectivity index (χ4n) is 6.81. The SMILES string of the molecule is CCOC(=O)c1cc2cc(NC(=O)[C@@H]3[C@H](c4ccc(F)cc4)CCN3C(=O)C3CCC(C(CF)NC(=O)OC(C)(C)C)CC3)ccc2o1. The van der Waals surface area contributed by atoms with E-state index in [-0.39, 0.29) is 36.0 Å². The Morgan fingerprint density at radius 2 is 1.71 bits per heavy atom. The van der Waals surface area contributed by atoms with Gasteiger partial charge in [-0.15, -0.1) is 0 Å². The number of halogens is 2. The lowest BCUT2D eigenvalue weighted by atomic mass is 9.78. The summed E-state index contributed by atoms with van der Waals surface area (Å²) in [6.07, 6.45) is 1.88. The Balaban J connectivity index is 1.30. The summed E-state index contributed by atoms with van der Waals surface area (Å²) < 4.78 is 43.7. The van der Waals surface area contributed by atoms with E-state index in [1.54, 1.807) is 69.0 Å². The Kier molecular flexibility index (Phi) is 10.7. The molecule has 10 nitrogen and oxygen atoms in total. The molecule has 12 heteroatoms. The minimum absolute atomic E-state index is 0.0486. The van der Waals surface area contributed by atoms with E-state index in [0.717, 1.165) is 5.56 Å². The van der Waals surface area contributed by atoms with Crippen molar-refractivity contribution >= 4 is 40.5 Å². The van der Waals surface area contributed by atoms with E-state index in [1.165, 1.54) is 12.1 Å². The van der Waals surface area contributed by atoms with Crippen molar-refractivity contribution in [3.05, 3.63) is 65.7 Å². The highest BCUT2D eigenvalue weighted by molar-refractivity contribution is 6.00. The van der Waals surface area contributed by atoms with E-state index in [9.17, 15) is 28.0 Å². The van der Waals surface area contributed by atoms with Crippen LogP contribution in [0.25, 0.3) is 11.0 Å². The summed E-state index contributed by atoms with van der Waals surface area (Å²) in [5.74, 6) is -2.37. The van der Waals surface area contributed by atoms with Gasteiger partial charge in [0, 0.05) is 29.5 Å². The van der Waals surface area contributed by atoms with Gasteiger partial charge in [-0.05, 0) is 108 Å². The minimum Gasteiger partial charge on any atom is -0.460 e. The maximum Gasteiger partial charge on any atom is 0.407 e. The highest BCUT2D eigenvalue weighted by atomic mass is 19.1. The molecule has 0 radical (unpaired) electrons. The van der Waals surface area contributed by atoms with Crippen LogP contribution in [-0.2, 0) is 19.1 Å². The lowest BCUT2D eigenvalue weighted by Gasteiger charge is -2.36. The van der Waals surface area contributed by atoms with Crippen molar-refractivity contribution in [2.45, 2.75) is 83.4 Å². The van der Waals surface area contributed by atoms with Crippen molar-refractivity contribution in [3.8, 4) is 0 Å². The van der Waals surface area contributed by atoms with Crippen LogP contribution in [0.3, 0.4) is 0 Å². The largest absolute Gasteiger partial charge is 0.460 e. The van der Waals surface area contributed by atoms with E-state index < -0.39 is 48.1 Å². The van der Waals surface area contributed by atoms with Crippen LogP contribution in [0.4, 0.5) is 19.3 Å². The van der Waals surface area contributed by atoms with E-state index in [0.29, 0.717) is 55.3 Å². The third kappa shape index (κ3) is 8.14. The molecule has 5 rings (SSSR count). The maximum absolute atomic E-state index is 14.0. The van der Waals surface area contributed by atoms with Crippen LogP contribution in [0.15, 0.2) is 52.9 Å². The third-order valence-corrected chi connectivity index (χ3v) is 9.07. The number of carbonyl (C=O) groups is 4. The van der Waals surface area contributed by atoms with Gasteiger partial charge in [0.15, 0.2) is 0 Å². The van der Waals surface area contributed by atoms with Crippen LogP contribution in [0.2, 0.25) is 0 Å². The molecule has 2 aliphatic rings. The fourth-order valence-corrected chi connectivity index (χ4v) is 6.81. The van der Waals surface area contributed by atoms with Crippen molar-refractivity contribution in [2.75, 3.05) is 25.1 Å². The molecule has 1 saturated carbocycles. The number of hydrogen-bond donors (Lipinski definition) is 2. The maximum atomic E-state index is 14.0. The van der Waals surface area contributed by atoms with Crippen LogP contribution in [0.1, 0.15) is 81.8 Å². The average molecular weight is 668 g/mol. The molecule has 3 atom stereocenters.